The highest BCUT2D eigenvalue weighted by atomic mass is 19.4. The normalized spacial score (nSPS) is 22.5. The van der Waals surface area contributed by atoms with Gasteiger partial charge in [-0.25, -0.2) is 8.78 Å². The standard InChI is InChI=1S/C20H20F5N3O5/c21-13-4-3-12(8-14(13)22)30-10-16(29)26-11-2-5-15(31-9-11)17-27-28-18(32-17)19(6-1-7-19)33-20(23,24)25/h3-4,8,11,15H,1-2,5-7,9-10H2,(H,26,29)/t11-,15+/m1/s1. The van der Waals surface area contributed by atoms with Gasteiger partial charge >= 0.3 is 6.36 Å². The van der Waals surface area contributed by atoms with E-state index in [1.165, 1.54) is 6.07 Å². The van der Waals surface area contributed by atoms with Gasteiger partial charge in [0.1, 0.15) is 11.9 Å². The molecule has 0 unspecified atom stereocenters. The van der Waals surface area contributed by atoms with Gasteiger partial charge in [0.25, 0.3) is 5.91 Å². The molecule has 2 fully saturated rings. The Hall–Kier alpha value is -2.80. The van der Waals surface area contributed by atoms with Crippen LogP contribution in [0.3, 0.4) is 0 Å². The van der Waals surface area contributed by atoms with Gasteiger partial charge in [-0.15, -0.1) is 23.4 Å². The van der Waals surface area contributed by atoms with Crippen molar-refractivity contribution in [3.05, 3.63) is 41.6 Å². The van der Waals surface area contributed by atoms with Crippen LogP contribution in [-0.2, 0) is 19.9 Å². The molecule has 1 aromatic heterocycles. The van der Waals surface area contributed by atoms with Crippen molar-refractivity contribution in [2.45, 2.75) is 56.2 Å². The molecular weight excluding hydrogens is 457 g/mol. The van der Waals surface area contributed by atoms with E-state index in [9.17, 15) is 26.7 Å². The molecule has 2 aromatic rings. The first-order valence-electron chi connectivity index (χ1n) is 10.2. The number of nitrogens with zero attached hydrogens (tertiary/aromatic N) is 2. The van der Waals surface area contributed by atoms with Gasteiger partial charge in [-0.3, -0.25) is 9.53 Å². The SMILES string of the molecule is O=C(COc1ccc(F)c(F)c1)N[C@@H]1CC[C@@H](c2nnc(C3(OC(F)(F)F)CCC3)o2)OC1. The lowest BCUT2D eigenvalue weighted by Gasteiger charge is -2.38. The van der Waals surface area contributed by atoms with Crippen molar-refractivity contribution < 1.29 is 45.4 Å². The number of amides is 1. The van der Waals surface area contributed by atoms with E-state index in [0.29, 0.717) is 19.3 Å². The Morgan fingerprint density at radius 1 is 1.18 bits per heavy atom. The van der Waals surface area contributed by atoms with Crippen molar-refractivity contribution in [3.8, 4) is 5.75 Å². The summed E-state index contributed by atoms with van der Waals surface area (Å²) in [6.45, 7) is -0.303. The first kappa shape index (κ1) is 23.4. The van der Waals surface area contributed by atoms with E-state index in [1.807, 2.05) is 0 Å². The highest BCUT2D eigenvalue weighted by Crippen LogP contribution is 2.48. The quantitative estimate of drug-likeness (QED) is 0.608. The van der Waals surface area contributed by atoms with Crippen molar-refractivity contribution in [2.75, 3.05) is 13.2 Å². The largest absolute Gasteiger partial charge is 0.523 e. The molecule has 2 aliphatic rings. The van der Waals surface area contributed by atoms with Gasteiger partial charge in [-0.2, -0.15) is 0 Å². The molecule has 1 aliphatic carbocycles. The van der Waals surface area contributed by atoms with Gasteiger partial charge in [0.15, 0.2) is 23.8 Å². The summed E-state index contributed by atoms with van der Waals surface area (Å²) in [4.78, 5) is 12.0. The lowest BCUT2D eigenvalue weighted by molar-refractivity contribution is -0.387. The van der Waals surface area contributed by atoms with Crippen LogP contribution in [0.25, 0.3) is 0 Å². The highest BCUT2D eigenvalue weighted by Gasteiger charge is 2.52. The number of hydrogen-bond acceptors (Lipinski definition) is 7. The third-order valence-electron chi connectivity index (χ3n) is 5.48. The zero-order valence-corrected chi connectivity index (χ0v) is 17.2. The molecule has 1 aromatic carbocycles. The van der Waals surface area contributed by atoms with E-state index >= 15 is 0 Å². The number of alkyl halides is 3. The molecule has 2 heterocycles. The lowest BCUT2D eigenvalue weighted by Crippen LogP contribution is -2.43. The summed E-state index contributed by atoms with van der Waals surface area (Å²) in [6, 6.07) is 2.58. The van der Waals surface area contributed by atoms with Crippen molar-refractivity contribution in [1.82, 2.24) is 15.5 Å². The van der Waals surface area contributed by atoms with Gasteiger partial charge < -0.3 is 19.2 Å². The Morgan fingerprint density at radius 2 is 1.97 bits per heavy atom. The lowest BCUT2D eigenvalue weighted by atomic mass is 9.80. The summed E-state index contributed by atoms with van der Waals surface area (Å²) in [6.07, 6.45) is -3.79. The minimum atomic E-state index is -4.82. The average molecular weight is 477 g/mol. The van der Waals surface area contributed by atoms with Crippen molar-refractivity contribution in [2.24, 2.45) is 0 Å². The van der Waals surface area contributed by atoms with Gasteiger partial charge in [0, 0.05) is 6.07 Å². The van der Waals surface area contributed by atoms with Crippen LogP contribution in [0.4, 0.5) is 22.0 Å². The Labute approximate surface area is 184 Å². The summed E-state index contributed by atoms with van der Waals surface area (Å²) in [5, 5.41) is 10.3. The molecule has 1 saturated carbocycles. The Morgan fingerprint density at radius 3 is 2.58 bits per heavy atom. The molecule has 1 amide bonds. The van der Waals surface area contributed by atoms with Crippen LogP contribution in [0.1, 0.15) is 50.0 Å². The molecule has 0 radical (unpaired) electrons. The third kappa shape index (κ3) is 5.58. The molecule has 1 saturated heterocycles. The molecular formula is C20H20F5N3O5. The van der Waals surface area contributed by atoms with E-state index in [2.05, 4.69) is 20.3 Å². The number of hydrogen-bond donors (Lipinski definition) is 1. The number of carbonyl (C=O) groups excluding carboxylic acids is 1. The number of nitrogens with one attached hydrogen (secondary N) is 1. The maximum atomic E-state index is 13.2. The number of carbonyl (C=O) groups is 1. The second kappa shape index (κ2) is 9.21. The van der Waals surface area contributed by atoms with Crippen LogP contribution in [-0.4, -0.2) is 41.7 Å². The highest BCUT2D eigenvalue weighted by molar-refractivity contribution is 5.77. The summed E-state index contributed by atoms with van der Waals surface area (Å²) >= 11 is 0. The number of rotatable bonds is 7. The van der Waals surface area contributed by atoms with Crippen molar-refractivity contribution in [1.29, 1.82) is 0 Å². The fraction of sp³-hybridized carbons (Fsp3) is 0.550. The topological polar surface area (TPSA) is 95.7 Å². The minimum Gasteiger partial charge on any atom is -0.484 e. The molecule has 1 aliphatic heterocycles. The predicted octanol–water partition coefficient (Wildman–Crippen LogP) is 3.68. The smallest absolute Gasteiger partial charge is 0.484 e. The van der Waals surface area contributed by atoms with Crippen LogP contribution in [0.5, 0.6) is 5.75 Å². The molecule has 180 valence electrons. The Kier molecular flexibility index (Phi) is 6.52. The van der Waals surface area contributed by atoms with Gasteiger partial charge in [0.05, 0.1) is 12.6 Å². The predicted molar refractivity (Wildman–Crippen MR) is 98.7 cm³/mol. The van der Waals surface area contributed by atoms with E-state index in [1.54, 1.807) is 0 Å². The molecule has 4 rings (SSSR count). The van der Waals surface area contributed by atoms with Gasteiger partial charge in [-0.1, -0.05) is 0 Å². The van der Waals surface area contributed by atoms with Crippen LogP contribution >= 0.6 is 0 Å². The van der Waals surface area contributed by atoms with Crippen LogP contribution in [0.2, 0.25) is 0 Å². The Bertz CT molecular complexity index is 987. The van der Waals surface area contributed by atoms with E-state index < -0.39 is 42.2 Å². The number of aromatic nitrogens is 2. The zero-order chi connectivity index (χ0) is 23.6. The second-order valence-electron chi connectivity index (χ2n) is 7.87. The van der Waals surface area contributed by atoms with Crippen LogP contribution in [0, 0.1) is 11.6 Å². The maximum absolute atomic E-state index is 13.2. The molecule has 0 bridgehead atoms. The summed E-state index contributed by atoms with van der Waals surface area (Å²) < 4.78 is 84.8. The molecule has 0 spiro atoms. The number of benzene rings is 1. The molecule has 13 heteroatoms. The van der Waals surface area contributed by atoms with E-state index in [4.69, 9.17) is 13.9 Å². The second-order valence-corrected chi connectivity index (χ2v) is 7.87. The van der Waals surface area contributed by atoms with Crippen LogP contribution < -0.4 is 10.1 Å². The first-order valence-corrected chi connectivity index (χ1v) is 10.2. The zero-order valence-electron chi connectivity index (χ0n) is 17.2. The Balaban J connectivity index is 1.25. The minimum absolute atomic E-state index is 0.00921. The van der Waals surface area contributed by atoms with Crippen molar-refractivity contribution in [3.63, 3.8) is 0 Å². The monoisotopic (exact) mass is 477 g/mol. The summed E-state index contributed by atoms with van der Waals surface area (Å²) in [5.41, 5.74) is -1.65. The third-order valence-corrected chi connectivity index (χ3v) is 5.48. The summed E-state index contributed by atoms with van der Waals surface area (Å²) in [5.74, 6) is -2.76. The number of halogens is 5. The van der Waals surface area contributed by atoms with Crippen LogP contribution in [0.15, 0.2) is 22.6 Å². The fourth-order valence-corrected chi connectivity index (χ4v) is 3.67. The molecule has 33 heavy (non-hydrogen) atoms. The van der Waals surface area contributed by atoms with E-state index in [-0.39, 0.29) is 43.0 Å². The number of ether oxygens (including phenoxy) is 3. The van der Waals surface area contributed by atoms with E-state index in [0.717, 1.165) is 12.1 Å². The molecule has 8 nitrogen and oxygen atoms in total. The average Bonchev–Trinajstić information content (AvgIpc) is 3.22. The fourth-order valence-electron chi connectivity index (χ4n) is 3.67. The molecule has 1 N–H and O–H groups in total. The maximum Gasteiger partial charge on any atom is 0.523 e. The van der Waals surface area contributed by atoms with Gasteiger partial charge in [-0.05, 0) is 44.2 Å². The first-order chi connectivity index (χ1) is 15.6. The van der Waals surface area contributed by atoms with Gasteiger partial charge in [0.2, 0.25) is 11.8 Å². The van der Waals surface area contributed by atoms with Crippen molar-refractivity contribution >= 4 is 5.91 Å². The summed E-state index contributed by atoms with van der Waals surface area (Å²) in [7, 11) is 0. The molecule has 2 atom stereocenters.